The number of hydrogen-bond donors (Lipinski definition) is 3. The molecule has 1 heterocycles. The average molecular weight is 446 g/mol. The van der Waals surface area contributed by atoms with Gasteiger partial charge in [-0.15, -0.1) is 0 Å². The lowest BCUT2D eigenvalue weighted by Crippen LogP contribution is -2.37. The molecule has 11 heteroatoms. The van der Waals surface area contributed by atoms with Crippen LogP contribution < -0.4 is 26.3 Å². The summed E-state index contributed by atoms with van der Waals surface area (Å²) in [5, 5.41) is 2.98. The maximum Gasteiger partial charge on any atom is 0.240 e. The lowest BCUT2D eigenvalue weighted by molar-refractivity contribution is -0.119. The Morgan fingerprint density at radius 1 is 1.28 bits per heavy atom. The van der Waals surface area contributed by atoms with E-state index < -0.39 is 0 Å². The molecule has 0 spiro atoms. The number of nitrogens with one attached hydrogen (secondary N) is 1. The minimum absolute atomic E-state index is 0.0526. The third-order valence-corrected chi connectivity index (χ3v) is 4.48. The monoisotopic (exact) mass is 445 g/mol. The second-order valence-electron chi connectivity index (χ2n) is 6.50. The number of carbonyl (C=O) groups is 1. The van der Waals surface area contributed by atoms with Crippen LogP contribution in [-0.4, -0.2) is 48.3 Å². The molecular formula is C18H25Cl2N5O4. The summed E-state index contributed by atoms with van der Waals surface area (Å²) in [7, 11) is 0. The van der Waals surface area contributed by atoms with E-state index in [-0.39, 0.29) is 40.6 Å². The quantitative estimate of drug-likeness (QED) is 0.266. The van der Waals surface area contributed by atoms with Crippen LogP contribution >= 0.6 is 23.2 Å². The summed E-state index contributed by atoms with van der Waals surface area (Å²) in [4.78, 5) is 18.8. The van der Waals surface area contributed by atoms with Crippen molar-refractivity contribution in [2.45, 2.75) is 25.9 Å². The lowest BCUT2D eigenvalue weighted by Gasteiger charge is -2.34. The predicted octanol–water partition coefficient (Wildman–Crippen LogP) is 1.70. The van der Waals surface area contributed by atoms with E-state index in [1.807, 2.05) is 0 Å². The van der Waals surface area contributed by atoms with E-state index in [1.165, 1.54) is 25.4 Å². The molecule has 1 aromatic heterocycles. The van der Waals surface area contributed by atoms with Crippen molar-refractivity contribution in [3.63, 3.8) is 0 Å². The first kappa shape index (κ1) is 23.1. The molecule has 1 fully saturated rings. The van der Waals surface area contributed by atoms with Gasteiger partial charge < -0.3 is 31.0 Å². The van der Waals surface area contributed by atoms with Gasteiger partial charge in [0.05, 0.1) is 24.5 Å². The Morgan fingerprint density at radius 3 is 2.62 bits per heavy atom. The van der Waals surface area contributed by atoms with Crippen LogP contribution in [0.1, 0.15) is 19.8 Å². The normalized spacial score (nSPS) is 19.4. The molecule has 0 atom stereocenters. The third kappa shape index (κ3) is 8.35. The number of halogens is 2. The molecule has 29 heavy (non-hydrogen) atoms. The number of aromatic nitrogens is 2. The SMILES string of the molecule is CC(=O)NCCOC1CC(COc2ncnc(OC/C(N)=C/C=C(\N)Cl)c2Cl)C1. The molecule has 9 nitrogen and oxygen atoms in total. The number of amides is 1. The van der Waals surface area contributed by atoms with Crippen LogP contribution in [0, 0.1) is 5.92 Å². The molecule has 1 aliphatic carbocycles. The first-order valence-electron chi connectivity index (χ1n) is 9.04. The van der Waals surface area contributed by atoms with Gasteiger partial charge in [-0.1, -0.05) is 23.2 Å². The molecule has 0 saturated heterocycles. The highest BCUT2D eigenvalue weighted by atomic mass is 35.5. The van der Waals surface area contributed by atoms with Crippen LogP contribution in [0.2, 0.25) is 5.02 Å². The fraction of sp³-hybridized carbons (Fsp3) is 0.500. The molecule has 0 aromatic carbocycles. The van der Waals surface area contributed by atoms with Gasteiger partial charge in [0.2, 0.25) is 17.7 Å². The maximum absolute atomic E-state index is 10.8. The molecule has 0 radical (unpaired) electrons. The van der Waals surface area contributed by atoms with Gasteiger partial charge in [0.15, 0.2) is 5.02 Å². The van der Waals surface area contributed by atoms with Crippen molar-refractivity contribution in [1.29, 1.82) is 0 Å². The van der Waals surface area contributed by atoms with Gasteiger partial charge in [-0.25, -0.2) is 9.97 Å². The standard InChI is InChI=1S/C18H25Cl2N5O4/c1-11(26)23-4-5-27-14-6-12(7-14)8-28-17-16(20)18(25-10-24-17)29-9-13(21)2-3-15(19)22/h2-3,10,12,14H,4-9,21-22H2,1H3,(H,23,26)/b13-2-,15-3-. The van der Waals surface area contributed by atoms with Gasteiger partial charge in [0.25, 0.3) is 0 Å². The number of carbonyl (C=O) groups excluding carboxylic acids is 1. The fourth-order valence-electron chi connectivity index (χ4n) is 2.52. The number of ether oxygens (including phenoxy) is 3. The van der Waals surface area contributed by atoms with Crippen molar-refractivity contribution in [1.82, 2.24) is 15.3 Å². The summed E-state index contributed by atoms with van der Waals surface area (Å²) >= 11 is 11.8. The lowest BCUT2D eigenvalue weighted by atomic mass is 9.83. The van der Waals surface area contributed by atoms with Gasteiger partial charge in [-0.2, -0.15) is 0 Å². The van der Waals surface area contributed by atoms with E-state index >= 15 is 0 Å². The summed E-state index contributed by atoms with van der Waals surface area (Å²) in [6, 6.07) is 0. The smallest absolute Gasteiger partial charge is 0.240 e. The van der Waals surface area contributed by atoms with E-state index in [4.69, 9.17) is 48.9 Å². The second kappa shape index (κ2) is 11.7. The third-order valence-electron chi connectivity index (χ3n) is 4.04. The predicted molar refractivity (Wildman–Crippen MR) is 110 cm³/mol. The second-order valence-corrected chi connectivity index (χ2v) is 7.32. The molecule has 1 aliphatic rings. The van der Waals surface area contributed by atoms with Crippen molar-refractivity contribution >= 4 is 29.1 Å². The van der Waals surface area contributed by atoms with Gasteiger partial charge >= 0.3 is 0 Å². The Kier molecular flexibility index (Phi) is 9.30. The Bertz CT molecular complexity index is 750. The molecule has 2 rings (SSSR count). The molecule has 0 aliphatic heterocycles. The van der Waals surface area contributed by atoms with E-state index in [0.717, 1.165) is 12.8 Å². The van der Waals surface area contributed by atoms with Gasteiger partial charge in [-0.3, -0.25) is 4.79 Å². The Balaban J connectivity index is 1.73. The van der Waals surface area contributed by atoms with Crippen molar-refractivity contribution < 1.29 is 19.0 Å². The first-order chi connectivity index (χ1) is 13.8. The van der Waals surface area contributed by atoms with E-state index in [2.05, 4.69) is 15.3 Å². The van der Waals surface area contributed by atoms with Crippen molar-refractivity contribution in [3.8, 4) is 11.8 Å². The van der Waals surface area contributed by atoms with Crippen LogP contribution in [0.25, 0.3) is 0 Å². The highest BCUT2D eigenvalue weighted by Gasteiger charge is 2.30. The van der Waals surface area contributed by atoms with Gasteiger partial charge in [-0.05, 0) is 30.9 Å². The minimum atomic E-state index is -0.0610. The van der Waals surface area contributed by atoms with Gasteiger partial charge in [0.1, 0.15) is 12.9 Å². The number of nitrogens with zero attached hydrogens (tertiary/aromatic N) is 2. The summed E-state index contributed by atoms with van der Waals surface area (Å²) in [6.07, 6.45) is 6.23. The molecule has 5 N–H and O–H groups in total. The Hall–Kier alpha value is -2.23. The average Bonchev–Trinajstić information content (AvgIpc) is 2.63. The highest BCUT2D eigenvalue weighted by molar-refractivity contribution is 6.33. The summed E-state index contributed by atoms with van der Waals surface area (Å²) < 4.78 is 16.9. The van der Waals surface area contributed by atoms with Crippen LogP contribution in [0.15, 0.2) is 29.3 Å². The first-order valence-corrected chi connectivity index (χ1v) is 9.80. The zero-order valence-corrected chi connectivity index (χ0v) is 17.6. The van der Waals surface area contributed by atoms with E-state index in [0.29, 0.717) is 31.4 Å². The van der Waals surface area contributed by atoms with Crippen molar-refractivity contribution in [2.75, 3.05) is 26.4 Å². The van der Waals surface area contributed by atoms with Crippen LogP contribution in [-0.2, 0) is 9.53 Å². The molecule has 160 valence electrons. The van der Waals surface area contributed by atoms with E-state index in [9.17, 15) is 4.79 Å². The minimum Gasteiger partial charge on any atom is -0.476 e. The molecule has 1 amide bonds. The van der Waals surface area contributed by atoms with E-state index in [1.54, 1.807) is 0 Å². The topological polar surface area (TPSA) is 135 Å². The Labute approximate surface area is 179 Å². The fourth-order valence-corrected chi connectivity index (χ4v) is 2.79. The zero-order chi connectivity index (χ0) is 21.2. The summed E-state index contributed by atoms with van der Waals surface area (Å²) in [5.74, 6) is 0.708. The highest BCUT2D eigenvalue weighted by Crippen LogP contribution is 2.33. The number of hydrogen-bond acceptors (Lipinski definition) is 8. The number of nitrogens with two attached hydrogens (primary N) is 2. The van der Waals surface area contributed by atoms with Crippen molar-refractivity contribution in [2.24, 2.45) is 17.4 Å². The summed E-state index contributed by atoms with van der Waals surface area (Å²) in [6.45, 7) is 3.01. The Morgan fingerprint density at radius 2 is 1.97 bits per heavy atom. The molecule has 1 saturated carbocycles. The van der Waals surface area contributed by atoms with Crippen LogP contribution in [0.3, 0.4) is 0 Å². The summed E-state index contributed by atoms with van der Waals surface area (Å²) in [5.41, 5.74) is 11.5. The molecular weight excluding hydrogens is 421 g/mol. The largest absolute Gasteiger partial charge is 0.476 e. The molecule has 0 bridgehead atoms. The van der Waals surface area contributed by atoms with Gasteiger partial charge in [0, 0.05) is 19.2 Å². The molecule has 0 unspecified atom stereocenters. The number of allylic oxidation sites excluding steroid dienone is 2. The molecule has 1 aromatic rings. The van der Waals surface area contributed by atoms with Crippen LogP contribution in [0.5, 0.6) is 11.8 Å². The number of rotatable bonds is 11. The zero-order valence-electron chi connectivity index (χ0n) is 16.1. The van der Waals surface area contributed by atoms with Crippen molar-refractivity contribution in [3.05, 3.63) is 34.4 Å². The maximum atomic E-state index is 10.8. The van der Waals surface area contributed by atoms with Crippen LogP contribution in [0.4, 0.5) is 0 Å².